The van der Waals surface area contributed by atoms with Gasteiger partial charge in [-0.25, -0.2) is 4.39 Å². The van der Waals surface area contributed by atoms with Crippen LogP contribution in [0.2, 0.25) is 0 Å². The monoisotopic (exact) mass is 272 g/mol. The Kier molecular flexibility index (Phi) is 4.45. The number of ketones is 1. The normalized spacial score (nSPS) is 10.7. The molecule has 0 aromatic heterocycles. The van der Waals surface area contributed by atoms with Crippen LogP contribution in [0, 0.1) is 11.7 Å². The minimum Gasteiger partial charge on any atom is -0.299 e. The second-order valence-corrected chi connectivity index (χ2v) is 4.92. The van der Waals surface area contributed by atoms with E-state index >= 15 is 0 Å². The topological polar surface area (TPSA) is 17.1 Å². The Balaban J connectivity index is 2.65. The maximum absolute atomic E-state index is 12.9. The van der Waals surface area contributed by atoms with E-state index in [0.29, 0.717) is 23.2 Å². The number of benzene rings is 1. The van der Waals surface area contributed by atoms with Crippen molar-refractivity contribution >= 4 is 21.7 Å². The Hall–Kier alpha value is -0.700. The average Bonchev–Trinajstić information content (AvgIpc) is 2.10. The molecule has 0 radical (unpaired) electrons. The van der Waals surface area contributed by atoms with Gasteiger partial charge in [-0.1, -0.05) is 19.9 Å². The molecule has 0 N–H and O–H groups in total. The Morgan fingerprint density at radius 2 is 2.13 bits per heavy atom. The van der Waals surface area contributed by atoms with Crippen LogP contribution in [0.5, 0.6) is 0 Å². The third-order valence-electron chi connectivity index (χ3n) is 2.02. The first-order chi connectivity index (χ1) is 6.99. The predicted octanol–water partition coefficient (Wildman–Crippen LogP) is 3.75. The summed E-state index contributed by atoms with van der Waals surface area (Å²) < 4.78 is 13.3. The summed E-state index contributed by atoms with van der Waals surface area (Å²) in [5.41, 5.74) is 0.855. The summed E-state index contributed by atoms with van der Waals surface area (Å²) in [7, 11) is 0. The van der Waals surface area contributed by atoms with Gasteiger partial charge in [0, 0.05) is 12.8 Å². The standard InChI is InChI=1S/C12H14BrFO/c1-8(2)5-10(15)6-9-3-4-12(14)11(13)7-9/h3-4,7-8H,5-6H2,1-2H3. The predicted molar refractivity (Wildman–Crippen MR) is 62.3 cm³/mol. The van der Waals surface area contributed by atoms with E-state index in [0.717, 1.165) is 5.56 Å². The third kappa shape index (κ3) is 4.12. The van der Waals surface area contributed by atoms with E-state index in [1.165, 1.54) is 6.07 Å². The molecule has 0 aliphatic carbocycles. The van der Waals surface area contributed by atoms with Crippen LogP contribution in [-0.4, -0.2) is 5.78 Å². The molecule has 0 fully saturated rings. The van der Waals surface area contributed by atoms with Gasteiger partial charge >= 0.3 is 0 Å². The number of hydrogen-bond donors (Lipinski definition) is 0. The molecule has 0 saturated heterocycles. The molecular formula is C12H14BrFO. The zero-order valence-electron chi connectivity index (χ0n) is 8.89. The highest BCUT2D eigenvalue weighted by molar-refractivity contribution is 9.10. The highest BCUT2D eigenvalue weighted by Gasteiger charge is 2.07. The fraction of sp³-hybridized carbons (Fsp3) is 0.417. The van der Waals surface area contributed by atoms with Crippen molar-refractivity contribution in [3.63, 3.8) is 0 Å². The lowest BCUT2D eigenvalue weighted by molar-refractivity contribution is -0.119. The molecule has 1 aromatic carbocycles. The van der Waals surface area contributed by atoms with Crippen molar-refractivity contribution in [3.05, 3.63) is 34.1 Å². The Morgan fingerprint density at radius 3 is 2.67 bits per heavy atom. The van der Waals surface area contributed by atoms with Crippen molar-refractivity contribution in [2.75, 3.05) is 0 Å². The summed E-state index contributed by atoms with van der Waals surface area (Å²) >= 11 is 3.10. The van der Waals surface area contributed by atoms with Gasteiger partial charge in [-0.2, -0.15) is 0 Å². The van der Waals surface area contributed by atoms with E-state index in [1.807, 2.05) is 13.8 Å². The van der Waals surface area contributed by atoms with E-state index in [4.69, 9.17) is 0 Å². The van der Waals surface area contributed by atoms with Gasteiger partial charge in [-0.15, -0.1) is 0 Å². The molecule has 0 spiro atoms. The molecule has 0 atom stereocenters. The fourth-order valence-electron chi connectivity index (χ4n) is 1.40. The van der Waals surface area contributed by atoms with Gasteiger partial charge in [0.05, 0.1) is 4.47 Å². The Morgan fingerprint density at radius 1 is 1.47 bits per heavy atom. The molecule has 0 unspecified atom stereocenters. The minimum absolute atomic E-state index is 0.198. The van der Waals surface area contributed by atoms with Crippen LogP contribution in [0.25, 0.3) is 0 Å². The summed E-state index contributed by atoms with van der Waals surface area (Å²) in [6.45, 7) is 4.02. The van der Waals surface area contributed by atoms with Gasteiger partial charge < -0.3 is 0 Å². The highest BCUT2D eigenvalue weighted by Crippen LogP contribution is 2.17. The molecule has 0 aliphatic rings. The molecule has 0 heterocycles. The molecule has 82 valence electrons. The summed E-state index contributed by atoms with van der Waals surface area (Å²) in [6.07, 6.45) is 0.964. The van der Waals surface area contributed by atoms with Crippen LogP contribution in [0.4, 0.5) is 4.39 Å². The van der Waals surface area contributed by atoms with Gasteiger partial charge in [-0.3, -0.25) is 4.79 Å². The number of Topliss-reactive ketones (excluding diaryl/α,β-unsaturated/α-hetero) is 1. The van der Waals surface area contributed by atoms with Crippen LogP contribution in [0.1, 0.15) is 25.8 Å². The highest BCUT2D eigenvalue weighted by atomic mass is 79.9. The van der Waals surface area contributed by atoms with E-state index in [2.05, 4.69) is 15.9 Å². The van der Waals surface area contributed by atoms with Gasteiger partial charge in [0.2, 0.25) is 0 Å². The van der Waals surface area contributed by atoms with Crippen LogP contribution >= 0.6 is 15.9 Å². The van der Waals surface area contributed by atoms with Crippen molar-refractivity contribution in [2.45, 2.75) is 26.7 Å². The van der Waals surface area contributed by atoms with Crippen molar-refractivity contribution in [1.29, 1.82) is 0 Å². The molecule has 1 rings (SSSR count). The molecular weight excluding hydrogens is 259 g/mol. The molecule has 15 heavy (non-hydrogen) atoms. The van der Waals surface area contributed by atoms with Crippen LogP contribution in [-0.2, 0) is 11.2 Å². The van der Waals surface area contributed by atoms with Crippen LogP contribution in [0.15, 0.2) is 22.7 Å². The van der Waals surface area contributed by atoms with Gasteiger partial charge in [0.1, 0.15) is 11.6 Å². The van der Waals surface area contributed by atoms with E-state index in [1.54, 1.807) is 12.1 Å². The first-order valence-electron chi connectivity index (χ1n) is 4.94. The van der Waals surface area contributed by atoms with Crippen molar-refractivity contribution in [1.82, 2.24) is 0 Å². The number of carbonyl (C=O) groups is 1. The smallest absolute Gasteiger partial charge is 0.137 e. The summed E-state index contributed by atoms with van der Waals surface area (Å²) in [5, 5.41) is 0. The number of hydrogen-bond acceptors (Lipinski definition) is 1. The van der Waals surface area contributed by atoms with Crippen molar-refractivity contribution < 1.29 is 9.18 Å². The number of carbonyl (C=O) groups excluding carboxylic acids is 1. The first kappa shape index (κ1) is 12.4. The summed E-state index contributed by atoms with van der Waals surface area (Å²) in [4.78, 5) is 11.5. The third-order valence-corrected chi connectivity index (χ3v) is 2.63. The SMILES string of the molecule is CC(C)CC(=O)Cc1ccc(F)c(Br)c1. The lowest BCUT2D eigenvalue weighted by Crippen LogP contribution is -2.06. The molecule has 0 bridgehead atoms. The average molecular weight is 273 g/mol. The molecule has 0 aliphatic heterocycles. The zero-order chi connectivity index (χ0) is 11.4. The second kappa shape index (κ2) is 5.40. The van der Waals surface area contributed by atoms with Crippen molar-refractivity contribution in [3.8, 4) is 0 Å². The maximum atomic E-state index is 12.9. The fourth-order valence-corrected chi connectivity index (χ4v) is 1.83. The zero-order valence-corrected chi connectivity index (χ0v) is 10.5. The number of halogens is 2. The maximum Gasteiger partial charge on any atom is 0.137 e. The quantitative estimate of drug-likeness (QED) is 0.816. The van der Waals surface area contributed by atoms with E-state index in [-0.39, 0.29) is 11.6 Å². The van der Waals surface area contributed by atoms with Crippen molar-refractivity contribution in [2.24, 2.45) is 5.92 Å². The Bertz CT molecular complexity index is 361. The molecule has 0 saturated carbocycles. The lowest BCUT2D eigenvalue weighted by atomic mass is 10.0. The minimum atomic E-state index is -0.296. The summed E-state index contributed by atoms with van der Waals surface area (Å²) in [5.74, 6) is 0.278. The van der Waals surface area contributed by atoms with E-state index < -0.39 is 0 Å². The van der Waals surface area contributed by atoms with Crippen LogP contribution < -0.4 is 0 Å². The first-order valence-corrected chi connectivity index (χ1v) is 5.74. The second-order valence-electron chi connectivity index (χ2n) is 4.06. The molecule has 3 heteroatoms. The lowest BCUT2D eigenvalue weighted by Gasteiger charge is -2.04. The van der Waals surface area contributed by atoms with Gasteiger partial charge in [-0.05, 0) is 39.5 Å². The largest absolute Gasteiger partial charge is 0.299 e. The van der Waals surface area contributed by atoms with Crippen LogP contribution in [0.3, 0.4) is 0 Å². The molecule has 0 amide bonds. The molecule has 1 nitrogen and oxygen atoms in total. The summed E-state index contributed by atoms with van der Waals surface area (Å²) in [6, 6.07) is 4.69. The number of rotatable bonds is 4. The molecule has 1 aromatic rings. The Labute approximate surface area is 97.8 Å². The van der Waals surface area contributed by atoms with Gasteiger partial charge in [0.25, 0.3) is 0 Å². The van der Waals surface area contributed by atoms with Gasteiger partial charge in [0.15, 0.2) is 0 Å². The van der Waals surface area contributed by atoms with E-state index in [9.17, 15) is 9.18 Å².